The number of anilines is 1. The minimum atomic E-state index is -0.216. The van der Waals surface area contributed by atoms with Gasteiger partial charge in [0.2, 0.25) is 5.91 Å². The average molecular weight is 512 g/mol. The first-order valence-corrected chi connectivity index (χ1v) is 15.6. The van der Waals surface area contributed by atoms with Gasteiger partial charge in [0.05, 0.1) is 23.8 Å². The number of aliphatic hydroxyl groups is 2. The van der Waals surface area contributed by atoms with Gasteiger partial charge in [-0.1, -0.05) is 32.9 Å². The second-order valence-corrected chi connectivity index (χ2v) is 14.5. The number of thioether (sulfide) groups is 1. The molecule has 0 radical (unpaired) electrons. The average Bonchev–Trinajstić information content (AvgIpc) is 3.44. The van der Waals surface area contributed by atoms with E-state index in [1.807, 2.05) is 11.0 Å². The Kier molecular flexibility index (Phi) is 6.53. The summed E-state index contributed by atoms with van der Waals surface area (Å²) in [6, 6.07) is 8.27. The van der Waals surface area contributed by atoms with Crippen LogP contribution < -0.4 is 4.90 Å². The van der Waals surface area contributed by atoms with Gasteiger partial charge in [0.15, 0.2) is 0 Å². The number of benzene rings is 1. The van der Waals surface area contributed by atoms with Crippen molar-refractivity contribution in [3.05, 3.63) is 24.3 Å². The number of carbonyl (C=O) groups excluding carboxylic acids is 1. The molecule has 1 aromatic rings. The summed E-state index contributed by atoms with van der Waals surface area (Å²) < 4.78 is 0. The Morgan fingerprint density at radius 3 is 2.64 bits per heavy atom. The maximum absolute atomic E-state index is 13.2. The number of hydrogen-bond donors (Lipinski definition) is 2. The molecule has 36 heavy (non-hydrogen) atoms. The third kappa shape index (κ3) is 3.90. The molecular weight excluding hydrogens is 466 g/mol. The Balaban J connectivity index is 1.13. The number of amides is 1. The summed E-state index contributed by atoms with van der Waals surface area (Å²) in [5.74, 6) is 4.26. The van der Waals surface area contributed by atoms with E-state index in [2.05, 4.69) is 39.0 Å². The topological polar surface area (TPSA) is 60.8 Å². The van der Waals surface area contributed by atoms with Crippen LogP contribution in [0.3, 0.4) is 0 Å². The molecule has 4 nitrogen and oxygen atoms in total. The molecule has 1 aromatic carbocycles. The van der Waals surface area contributed by atoms with E-state index in [0.717, 1.165) is 43.7 Å². The normalized spacial score (nSPS) is 44.4. The maximum Gasteiger partial charge on any atom is 0.227 e. The number of carbonyl (C=O) groups is 1. The number of para-hydroxylation sites is 1. The van der Waals surface area contributed by atoms with Crippen molar-refractivity contribution in [2.45, 2.75) is 102 Å². The summed E-state index contributed by atoms with van der Waals surface area (Å²) in [4.78, 5) is 16.4. The molecule has 0 unspecified atom stereocenters. The van der Waals surface area contributed by atoms with Crippen LogP contribution in [0.25, 0.3) is 0 Å². The molecule has 4 fully saturated rings. The second kappa shape index (κ2) is 9.31. The summed E-state index contributed by atoms with van der Waals surface area (Å²) in [7, 11) is 0. The number of rotatable bonds is 4. The molecule has 0 bridgehead atoms. The van der Waals surface area contributed by atoms with Crippen molar-refractivity contribution >= 4 is 23.4 Å². The Labute approximate surface area is 221 Å². The van der Waals surface area contributed by atoms with E-state index in [0.29, 0.717) is 41.9 Å². The fourth-order valence-electron chi connectivity index (χ4n) is 10.1. The lowest BCUT2D eigenvalue weighted by atomic mass is 9.43. The van der Waals surface area contributed by atoms with Crippen LogP contribution in [-0.2, 0) is 4.79 Å². The standard InChI is InChI=1S/C31H45NO3S/c1-19(8-11-28(35)32-18-36-27-7-5-4-6-25(27)32)22-9-10-23-29-24(13-15-31(22,23)3)30(2)14-12-21(33)16-20(30)17-26(29)34/h4-7,19-24,26,29,33-34H,8-18H2,1-3H3/t19-,20+,21-,22-,23+,24+,26+,29+,30+,31-/m1/s1. The molecule has 1 aliphatic heterocycles. The lowest BCUT2D eigenvalue weighted by Crippen LogP contribution is -2.58. The fraction of sp³-hybridized carbons (Fsp3) is 0.774. The molecule has 1 heterocycles. The highest BCUT2D eigenvalue weighted by Crippen LogP contribution is 2.68. The van der Waals surface area contributed by atoms with Crippen molar-refractivity contribution in [3.63, 3.8) is 0 Å². The van der Waals surface area contributed by atoms with E-state index in [9.17, 15) is 15.0 Å². The summed E-state index contributed by atoms with van der Waals surface area (Å²) in [5.41, 5.74) is 1.64. The first-order chi connectivity index (χ1) is 17.2. The second-order valence-electron chi connectivity index (χ2n) is 13.5. The predicted molar refractivity (Wildman–Crippen MR) is 146 cm³/mol. The molecular formula is C31H45NO3S. The van der Waals surface area contributed by atoms with Gasteiger partial charge in [-0.2, -0.15) is 0 Å². The molecule has 5 aliphatic rings. The van der Waals surface area contributed by atoms with Crippen LogP contribution in [-0.4, -0.2) is 34.2 Å². The van der Waals surface area contributed by atoms with Crippen molar-refractivity contribution in [1.82, 2.24) is 0 Å². The molecule has 1 amide bonds. The highest BCUT2D eigenvalue weighted by Gasteiger charge is 2.62. The summed E-state index contributed by atoms with van der Waals surface area (Å²) in [6.45, 7) is 7.41. The Morgan fingerprint density at radius 1 is 1.06 bits per heavy atom. The lowest BCUT2D eigenvalue weighted by molar-refractivity contribution is -0.174. The van der Waals surface area contributed by atoms with Crippen molar-refractivity contribution in [1.29, 1.82) is 0 Å². The van der Waals surface area contributed by atoms with E-state index in [1.165, 1.54) is 30.6 Å². The molecule has 5 heteroatoms. The molecule has 0 spiro atoms. The van der Waals surface area contributed by atoms with E-state index < -0.39 is 0 Å². The van der Waals surface area contributed by atoms with Crippen molar-refractivity contribution in [3.8, 4) is 0 Å². The van der Waals surface area contributed by atoms with Gasteiger partial charge < -0.3 is 15.1 Å². The molecule has 0 aromatic heterocycles. The minimum Gasteiger partial charge on any atom is -0.393 e. The monoisotopic (exact) mass is 511 g/mol. The van der Waals surface area contributed by atoms with Crippen LogP contribution in [0.4, 0.5) is 5.69 Å². The van der Waals surface area contributed by atoms with Gasteiger partial charge in [0.1, 0.15) is 0 Å². The molecule has 6 rings (SSSR count). The molecule has 2 N–H and O–H groups in total. The SMILES string of the molecule is C[C@H](CCC(=O)N1CSc2ccccc21)[C@H]1CC[C@H]2[C@@H]3[C@@H](O)C[C@@H]4C[C@H](O)CC[C@]4(C)[C@H]3CC[C@]12C. The number of nitrogens with zero attached hydrogens (tertiary/aromatic N) is 1. The highest BCUT2D eigenvalue weighted by molar-refractivity contribution is 8.00. The largest absolute Gasteiger partial charge is 0.393 e. The van der Waals surface area contributed by atoms with Gasteiger partial charge in [-0.05, 0) is 116 Å². The zero-order chi connectivity index (χ0) is 25.2. The van der Waals surface area contributed by atoms with Crippen LogP contribution >= 0.6 is 11.8 Å². The van der Waals surface area contributed by atoms with Crippen molar-refractivity contribution in [2.75, 3.05) is 10.8 Å². The predicted octanol–water partition coefficient (Wildman–Crippen LogP) is 6.49. The van der Waals surface area contributed by atoms with Crippen molar-refractivity contribution in [2.24, 2.45) is 46.3 Å². The van der Waals surface area contributed by atoms with Gasteiger partial charge in [-0.25, -0.2) is 0 Å². The van der Waals surface area contributed by atoms with Gasteiger partial charge in [-0.15, -0.1) is 11.8 Å². The minimum absolute atomic E-state index is 0.173. The highest BCUT2D eigenvalue weighted by atomic mass is 32.2. The maximum atomic E-state index is 13.2. The third-order valence-electron chi connectivity index (χ3n) is 12.0. The van der Waals surface area contributed by atoms with Crippen LogP contribution in [0.15, 0.2) is 29.2 Å². The molecule has 10 atom stereocenters. The van der Waals surface area contributed by atoms with E-state index >= 15 is 0 Å². The Bertz CT molecular complexity index is 1000. The zero-order valence-corrected chi connectivity index (χ0v) is 23.2. The quantitative estimate of drug-likeness (QED) is 0.485. The van der Waals surface area contributed by atoms with Crippen LogP contribution in [0.2, 0.25) is 0 Å². The Hall–Kier alpha value is -1.04. The first-order valence-electron chi connectivity index (χ1n) is 14.6. The summed E-state index contributed by atoms with van der Waals surface area (Å²) >= 11 is 1.76. The van der Waals surface area contributed by atoms with Crippen LogP contribution in [0.1, 0.15) is 85.0 Å². The molecule has 198 valence electrons. The third-order valence-corrected chi connectivity index (χ3v) is 13.1. The molecule has 4 saturated carbocycles. The van der Waals surface area contributed by atoms with Crippen molar-refractivity contribution < 1.29 is 15.0 Å². The fourth-order valence-corrected chi connectivity index (χ4v) is 11.1. The van der Waals surface area contributed by atoms with E-state index in [4.69, 9.17) is 0 Å². The van der Waals surface area contributed by atoms with Gasteiger partial charge in [0.25, 0.3) is 0 Å². The molecule has 0 saturated heterocycles. The summed E-state index contributed by atoms with van der Waals surface area (Å²) in [6.07, 6.45) is 9.98. The zero-order valence-electron chi connectivity index (χ0n) is 22.4. The van der Waals surface area contributed by atoms with E-state index in [-0.39, 0.29) is 28.9 Å². The molecule has 4 aliphatic carbocycles. The Morgan fingerprint density at radius 2 is 1.81 bits per heavy atom. The smallest absolute Gasteiger partial charge is 0.227 e. The van der Waals surface area contributed by atoms with E-state index in [1.54, 1.807) is 11.8 Å². The van der Waals surface area contributed by atoms with Gasteiger partial charge in [-0.3, -0.25) is 4.79 Å². The number of fused-ring (bicyclic) bond motifs is 6. The van der Waals surface area contributed by atoms with Gasteiger partial charge in [0, 0.05) is 11.3 Å². The number of aliphatic hydroxyl groups excluding tert-OH is 2. The van der Waals surface area contributed by atoms with Crippen LogP contribution in [0.5, 0.6) is 0 Å². The van der Waals surface area contributed by atoms with Crippen LogP contribution in [0, 0.1) is 46.3 Å². The lowest BCUT2D eigenvalue weighted by Gasteiger charge is -2.62. The van der Waals surface area contributed by atoms with Gasteiger partial charge >= 0.3 is 0 Å². The first kappa shape index (κ1) is 25.2. The summed E-state index contributed by atoms with van der Waals surface area (Å²) in [5, 5.41) is 21.8. The number of hydrogen-bond acceptors (Lipinski definition) is 4.